The first kappa shape index (κ1) is 14.2. The van der Waals surface area contributed by atoms with Gasteiger partial charge >= 0.3 is 0 Å². The van der Waals surface area contributed by atoms with E-state index in [1.165, 1.54) is 10.5 Å². The zero-order valence-electron chi connectivity index (χ0n) is 12.0. The zero-order valence-corrected chi connectivity index (χ0v) is 12.8. The van der Waals surface area contributed by atoms with E-state index < -0.39 is 10.0 Å². The Morgan fingerprint density at radius 2 is 2.24 bits per heavy atom. The molecule has 1 saturated heterocycles. The predicted octanol–water partition coefficient (Wildman–Crippen LogP) is 0.415. The monoisotopic (exact) mass is 310 g/mol. The Morgan fingerprint density at radius 3 is 2.86 bits per heavy atom. The maximum absolute atomic E-state index is 12.7. The van der Waals surface area contributed by atoms with E-state index >= 15 is 0 Å². The highest BCUT2D eigenvalue weighted by molar-refractivity contribution is 7.89. The minimum absolute atomic E-state index is 0.0771. The highest BCUT2D eigenvalue weighted by Gasteiger charge is 2.33. The molecule has 0 saturated carbocycles. The van der Waals surface area contributed by atoms with Gasteiger partial charge < -0.3 is 4.57 Å². The van der Waals surface area contributed by atoms with Crippen molar-refractivity contribution in [2.24, 2.45) is 7.05 Å². The molecule has 1 atom stereocenters. The van der Waals surface area contributed by atoms with Crippen molar-refractivity contribution in [2.75, 3.05) is 13.1 Å². The Labute approximate surface area is 123 Å². The number of aromatic nitrogens is 5. The van der Waals surface area contributed by atoms with Gasteiger partial charge in [-0.15, -0.1) is 10.2 Å². The Balaban J connectivity index is 1.87. The van der Waals surface area contributed by atoms with Crippen molar-refractivity contribution in [2.45, 2.75) is 30.6 Å². The Bertz CT molecular complexity index is 735. The topological polar surface area (TPSA) is 96.8 Å². The van der Waals surface area contributed by atoms with Crippen LogP contribution in [0.1, 0.15) is 30.3 Å². The maximum atomic E-state index is 12.7. The quantitative estimate of drug-likeness (QED) is 0.886. The van der Waals surface area contributed by atoms with Crippen LogP contribution < -0.4 is 0 Å². The molecular weight excluding hydrogens is 292 g/mol. The van der Waals surface area contributed by atoms with Crippen molar-refractivity contribution in [1.82, 2.24) is 29.3 Å². The highest BCUT2D eigenvalue weighted by atomic mass is 32.2. The lowest BCUT2D eigenvalue weighted by molar-refractivity contribution is 0.306. The third-order valence-electron chi connectivity index (χ3n) is 3.90. The molecule has 0 aromatic carbocycles. The lowest BCUT2D eigenvalue weighted by Gasteiger charge is -2.31. The van der Waals surface area contributed by atoms with Gasteiger partial charge in [0.25, 0.3) is 0 Å². The fourth-order valence-electron chi connectivity index (χ4n) is 2.77. The van der Waals surface area contributed by atoms with Gasteiger partial charge in [0.05, 0.1) is 11.9 Å². The molecule has 114 valence electrons. The number of hydrogen-bond acceptors (Lipinski definition) is 5. The summed E-state index contributed by atoms with van der Waals surface area (Å²) in [5, 5.41) is 14.5. The molecule has 2 aromatic rings. The van der Waals surface area contributed by atoms with Gasteiger partial charge in [0, 0.05) is 26.1 Å². The third kappa shape index (κ3) is 2.46. The molecule has 1 aliphatic rings. The summed E-state index contributed by atoms with van der Waals surface area (Å²) in [6, 6.07) is 0. The van der Waals surface area contributed by atoms with E-state index in [0.717, 1.165) is 18.7 Å². The Morgan fingerprint density at radius 1 is 1.43 bits per heavy atom. The lowest BCUT2D eigenvalue weighted by Crippen LogP contribution is -2.39. The van der Waals surface area contributed by atoms with Gasteiger partial charge in [-0.05, 0) is 19.8 Å². The molecule has 21 heavy (non-hydrogen) atoms. The zero-order chi connectivity index (χ0) is 15.0. The molecule has 0 radical (unpaired) electrons. The van der Waals surface area contributed by atoms with E-state index in [0.29, 0.717) is 18.8 Å². The van der Waals surface area contributed by atoms with Gasteiger partial charge in [-0.3, -0.25) is 5.10 Å². The fourth-order valence-corrected chi connectivity index (χ4v) is 4.41. The molecule has 0 spiro atoms. The van der Waals surface area contributed by atoms with Gasteiger partial charge in [0.2, 0.25) is 10.0 Å². The Kier molecular flexibility index (Phi) is 3.54. The summed E-state index contributed by atoms with van der Waals surface area (Å²) < 4.78 is 28.8. The summed E-state index contributed by atoms with van der Waals surface area (Å²) in [5.74, 6) is 0.909. The highest BCUT2D eigenvalue weighted by Crippen LogP contribution is 2.29. The van der Waals surface area contributed by atoms with Gasteiger partial charge in [-0.1, -0.05) is 0 Å². The molecule has 9 heteroatoms. The van der Waals surface area contributed by atoms with E-state index in [1.54, 1.807) is 13.3 Å². The van der Waals surface area contributed by atoms with Crippen molar-refractivity contribution >= 4 is 10.0 Å². The largest absolute Gasteiger partial charge is 0.320 e. The van der Waals surface area contributed by atoms with Crippen LogP contribution in [0.15, 0.2) is 17.4 Å². The number of nitrogens with zero attached hydrogens (tertiary/aromatic N) is 5. The molecule has 3 rings (SSSR count). The molecule has 0 aliphatic carbocycles. The first-order chi connectivity index (χ1) is 10.00. The third-order valence-corrected chi connectivity index (χ3v) is 5.88. The van der Waals surface area contributed by atoms with E-state index in [9.17, 15) is 8.42 Å². The first-order valence-corrected chi connectivity index (χ1v) is 8.28. The summed E-state index contributed by atoms with van der Waals surface area (Å²) in [7, 11) is -1.63. The van der Waals surface area contributed by atoms with Crippen molar-refractivity contribution in [1.29, 1.82) is 0 Å². The van der Waals surface area contributed by atoms with Gasteiger partial charge in [-0.2, -0.15) is 9.40 Å². The number of aryl methyl sites for hydroxylation is 2. The SMILES string of the molecule is Cc1[nH]ncc1S(=O)(=O)N1CCCC(c2nncn2C)C1. The number of H-pyrrole nitrogens is 1. The minimum atomic E-state index is -3.50. The minimum Gasteiger partial charge on any atom is -0.320 e. The van der Waals surface area contributed by atoms with Crippen LogP contribution in [0.5, 0.6) is 0 Å². The van der Waals surface area contributed by atoms with Crippen molar-refractivity contribution in [3.63, 3.8) is 0 Å². The molecule has 2 aromatic heterocycles. The summed E-state index contributed by atoms with van der Waals surface area (Å²) in [4.78, 5) is 0.251. The van der Waals surface area contributed by atoms with Gasteiger partial charge in [0.1, 0.15) is 17.0 Å². The summed E-state index contributed by atoms with van der Waals surface area (Å²) >= 11 is 0. The summed E-state index contributed by atoms with van der Waals surface area (Å²) in [5.41, 5.74) is 0.566. The fraction of sp³-hybridized carbons (Fsp3) is 0.583. The summed E-state index contributed by atoms with van der Waals surface area (Å²) in [6.45, 7) is 2.67. The molecular formula is C12H18N6O2S. The molecule has 1 fully saturated rings. The van der Waals surface area contributed by atoms with Crippen molar-refractivity contribution in [3.8, 4) is 0 Å². The number of aromatic amines is 1. The molecule has 1 aliphatic heterocycles. The Hall–Kier alpha value is -1.74. The molecule has 0 amide bonds. The van der Waals surface area contributed by atoms with Crippen LogP contribution in [0.3, 0.4) is 0 Å². The van der Waals surface area contributed by atoms with E-state index in [-0.39, 0.29) is 10.8 Å². The van der Waals surface area contributed by atoms with E-state index in [2.05, 4.69) is 20.4 Å². The number of piperidine rings is 1. The van der Waals surface area contributed by atoms with Crippen LogP contribution in [-0.2, 0) is 17.1 Å². The number of rotatable bonds is 3. The average molecular weight is 310 g/mol. The van der Waals surface area contributed by atoms with Crippen LogP contribution in [0, 0.1) is 6.92 Å². The van der Waals surface area contributed by atoms with E-state index in [1.807, 2.05) is 11.6 Å². The van der Waals surface area contributed by atoms with Crippen molar-refractivity contribution in [3.05, 3.63) is 24.0 Å². The van der Waals surface area contributed by atoms with Crippen molar-refractivity contribution < 1.29 is 8.42 Å². The molecule has 0 bridgehead atoms. The first-order valence-electron chi connectivity index (χ1n) is 6.84. The number of nitrogens with one attached hydrogen (secondary N) is 1. The lowest BCUT2D eigenvalue weighted by atomic mass is 9.99. The second-order valence-corrected chi connectivity index (χ2v) is 7.27. The second-order valence-electron chi connectivity index (χ2n) is 5.36. The smallest absolute Gasteiger partial charge is 0.246 e. The molecule has 1 N–H and O–H groups in total. The van der Waals surface area contributed by atoms with Crippen LogP contribution in [0.25, 0.3) is 0 Å². The number of hydrogen-bond donors (Lipinski definition) is 1. The molecule has 1 unspecified atom stereocenters. The molecule has 3 heterocycles. The number of sulfonamides is 1. The standard InChI is InChI=1S/C12H18N6O2S/c1-9-11(6-13-15-9)21(19,20)18-5-3-4-10(7-18)12-16-14-8-17(12)2/h6,8,10H,3-5,7H2,1-2H3,(H,13,15). The van der Waals surface area contributed by atoms with Crippen LogP contribution in [0.4, 0.5) is 0 Å². The second kappa shape index (κ2) is 5.23. The normalized spacial score (nSPS) is 20.8. The summed E-state index contributed by atoms with van der Waals surface area (Å²) in [6.07, 6.45) is 4.75. The van der Waals surface area contributed by atoms with Gasteiger partial charge in [-0.25, -0.2) is 8.42 Å². The van der Waals surface area contributed by atoms with Crippen LogP contribution in [0.2, 0.25) is 0 Å². The maximum Gasteiger partial charge on any atom is 0.246 e. The van der Waals surface area contributed by atoms with Crippen LogP contribution >= 0.6 is 0 Å². The predicted molar refractivity (Wildman–Crippen MR) is 75.1 cm³/mol. The molecule has 8 nitrogen and oxygen atoms in total. The van der Waals surface area contributed by atoms with Crippen LogP contribution in [-0.4, -0.2) is 50.8 Å². The van der Waals surface area contributed by atoms with E-state index in [4.69, 9.17) is 0 Å². The van der Waals surface area contributed by atoms with Gasteiger partial charge in [0.15, 0.2) is 0 Å². The average Bonchev–Trinajstić information content (AvgIpc) is 3.07.